The van der Waals surface area contributed by atoms with Gasteiger partial charge < -0.3 is 10.2 Å². The second-order valence-corrected chi connectivity index (χ2v) is 6.98. The minimum absolute atomic E-state index is 0.0429. The Bertz CT molecular complexity index is 550. The average molecular weight is 337 g/mol. The third kappa shape index (κ3) is 4.86. The van der Waals surface area contributed by atoms with Crippen LogP contribution >= 0.6 is 11.8 Å². The van der Waals surface area contributed by atoms with E-state index in [-0.39, 0.29) is 11.7 Å². The molecule has 1 aromatic carbocycles. The molecule has 7 heteroatoms. The average Bonchev–Trinajstić information content (AvgIpc) is 3.03. The van der Waals surface area contributed by atoms with Gasteiger partial charge in [0.1, 0.15) is 0 Å². The van der Waals surface area contributed by atoms with Crippen molar-refractivity contribution in [1.82, 2.24) is 10.2 Å². The van der Waals surface area contributed by atoms with Gasteiger partial charge in [-0.15, -0.1) is 0 Å². The first-order valence-electron chi connectivity index (χ1n) is 7.78. The molecule has 0 spiro atoms. The smallest absolute Gasteiger partial charge is 0.317 e. The van der Waals surface area contributed by atoms with Gasteiger partial charge >= 0.3 is 6.03 Å². The highest BCUT2D eigenvalue weighted by atomic mass is 32.2. The van der Waals surface area contributed by atoms with Crippen molar-refractivity contribution in [3.8, 4) is 0 Å². The van der Waals surface area contributed by atoms with Gasteiger partial charge in [-0.2, -0.15) is 11.8 Å². The summed E-state index contributed by atoms with van der Waals surface area (Å²) in [4.78, 5) is 24.2. The highest BCUT2D eigenvalue weighted by Gasteiger charge is 2.29. The zero-order valence-corrected chi connectivity index (χ0v) is 14.3. The van der Waals surface area contributed by atoms with E-state index in [1.165, 1.54) is 18.6 Å². The van der Waals surface area contributed by atoms with Gasteiger partial charge in [-0.05, 0) is 37.5 Å². The highest BCUT2D eigenvalue weighted by Crippen LogP contribution is 2.30. The van der Waals surface area contributed by atoms with Crippen LogP contribution in [-0.2, 0) is 6.42 Å². The molecule has 2 atom stereocenters. The van der Waals surface area contributed by atoms with Crippen LogP contribution in [0.4, 0.5) is 10.5 Å². The first-order valence-corrected chi connectivity index (χ1v) is 9.07. The summed E-state index contributed by atoms with van der Waals surface area (Å²) >= 11 is 1.88. The van der Waals surface area contributed by atoms with Gasteiger partial charge in [-0.1, -0.05) is 12.1 Å². The number of carbonyl (C=O) groups excluding carboxylic acids is 1. The standard InChI is InChI=1S/C16H23N3O3S/c1-18(14-7-8-15(11-14)23-2)16(20)17-10-9-12-3-5-13(6-4-12)19(21)22/h3-6,14-15H,7-11H2,1-2H3,(H,17,20)/t14-,15-/m0/s1. The molecule has 126 valence electrons. The number of thioether (sulfide) groups is 1. The van der Waals surface area contributed by atoms with Crippen LogP contribution < -0.4 is 5.32 Å². The van der Waals surface area contributed by atoms with E-state index < -0.39 is 4.92 Å². The summed E-state index contributed by atoms with van der Waals surface area (Å²) in [6.07, 6.45) is 6.09. The maximum absolute atomic E-state index is 12.2. The molecular weight excluding hydrogens is 314 g/mol. The van der Waals surface area contributed by atoms with Crippen LogP contribution in [0.3, 0.4) is 0 Å². The molecule has 1 aliphatic rings. The van der Waals surface area contributed by atoms with Gasteiger partial charge in [0.25, 0.3) is 5.69 Å². The number of hydrogen-bond acceptors (Lipinski definition) is 4. The van der Waals surface area contributed by atoms with Crippen molar-refractivity contribution in [2.45, 2.75) is 37.0 Å². The first kappa shape index (κ1) is 17.6. The molecule has 2 amide bonds. The van der Waals surface area contributed by atoms with Gasteiger partial charge in [-0.3, -0.25) is 10.1 Å². The van der Waals surface area contributed by atoms with E-state index in [0.29, 0.717) is 24.3 Å². The number of amides is 2. The summed E-state index contributed by atoms with van der Waals surface area (Å²) in [5.74, 6) is 0. The van der Waals surface area contributed by atoms with Crippen LogP contribution in [0.5, 0.6) is 0 Å². The summed E-state index contributed by atoms with van der Waals surface area (Å²) in [7, 11) is 1.86. The maximum atomic E-state index is 12.2. The molecular formula is C16H23N3O3S. The van der Waals surface area contributed by atoms with Crippen LogP contribution in [0, 0.1) is 10.1 Å². The number of rotatable bonds is 6. The Morgan fingerprint density at radius 1 is 1.39 bits per heavy atom. The molecule has 1 aromatic rings. The van der Waals surface area contributed by atoms with Crippen molar-refractivity contribution in [3.63, 3.8) is 0 Å². The molecule has 0 bridgehead atoms. The number of benzene rings is 1. The fourth-order valence-electron chi connectivity index (χ4n) is 2.87. The third-order valence-electron chi connectivity index (χ3n) is 4.40. The predicted molar refractivity (Wildman–Crippen MR) is 92.9 cm³/mol. The summed E-state index contributed by atoms with van der Waals surface area (Å²) in [6.45, 7) is 0.527. The van der Waals surface area contributed by atoms with Crippen molar-refractivity contribution in [2.75, 3.05) is 19.8 Å². The number of non-ortho nitro benzene ring substituents is 1. The van der Waals surface area contributed by atoms with Crippen LogP contribution in [0.25, 0.3) is 0 Å². The number of nitrogens with one attached hydrogen (secondary N) is 1. The number of urea groups is 1. The zero-order chi connectivity index (χ0) is 16.8. The Labute approximate surface area is 140 Å². The van der Waals surface area contributed by atoms with Crippen molar-refractivity contribution >= 4 is 23.5 Å². The minimum Gasteiger partial charge on any atom is -0.338 e. The lowest BCUT2D eigenvalue weighted by molar-refractivity contribution is -0.384. The third-order valence-corrected chi connectivity index (χ3v) is 5.49. The molecule has 1 N–H and O–H groups in total. The van der Waals surface area contributed by atoms with Crippen molar-refractivity contribution in [3.05, 3.63) is 39.9 Å². The van der Waals surface area contributed by atoms with Gasteiger partial charge in [0, 0.05) is 37.0 Å². The first-order chi connectivity index (χ1) is 11.0. The van der Waals surface area contributed by atoms with E-state index in [2.05, 4.69) is 11.6 Å². The zero-order valence-electron chi connectivity index (χ0n) is 13.5. The normalized spacial score (nSPS) is 20.3. The van der Waals surface area contributed by atoms with Gasteiger partial charge in [0.05, 0.1) is 4.92 Å². The number of nitrogens with zero attached hydrogens (tertiary/aromatic N) is 2. The summed E-state index contributed by atoms with van der Waals surface area (Å²) in [5, 5.41) is 14.2. The fraction of sp³-hybridized carbons (Fsp3) is 0.562. The highest BCUT2D eigenvalue weighted by molar-refractivity contribution is 7.99. The second kappa shape index (κ2) is 8.19. The Hall–Kier alpha value is -1.76. The predicted octanol–water partition coefficient (Wildman–Crippen LogP) is 3.06. The second-order valence-electron chi connectivity index (χ2n) is 5.84. The molecule has 0 aromatic heterocycles. The van der Waals surface area contributed by atoms with Gasteiger partial charge in [0.2, 0.25) is 0 Å². The molecule has 2 rings (SSSR count). The molecule has 6 nitrogen and oxygen atoms in total. The lowest BCUT2D eigenvalue weighted by atomic mass is 10.1. The quantitative estimate of drug-likeness (QED) is 0.639. The van der Waals surface area contributed by atoms with Crippen LogP contribution in [0.1, 0.15) is 24.8 Å². The van der Waals surface area contributed by atoms with Crippen LogP contribution in [0.15, 0.2) is 24.3 Å². The fourth-order valence-corrected chi connectivity index (χ4v) is 3.66. The van der Waals surface area contributed by atoms with E-state index in [0.717, 1.165) is 18.4 Å². The minimum atomic E-state index is -0.413. The maximum Gasteiger partial charge on any atom is 0.317 e. The number of nitro benzene ring substituents is 1. The van der Waals surface area contributed by atoms with E-state index in [9.17, 15) is 14.9 Å². The molecule has 0 aliphatic heterocycles. The van der Waals surface area contributed by atoms with Gasteiger partial charge in [0.15, 0.2) is 0 Å². The number of nitro groups is 1. The number of hydrogen-bond donors (Lipinski definition) is 1. The number of carbonyl (C=O) groups is 1. The monoisotopic (exact) mass is 337 g/mol. The Balaban J connectivity index is 1.75. The summed E-state index contributed by atoms with van der Waals surface area (Å²) in [6, 6.07) is 6.72. The summed E-state index contributed by atoms with van der Waals surface area (Å²) in [5.41, 5.74) is 1.06. The Morgan fingerprint density at radius 3 is 2.65 bits per heavy atom. The molecule has 0 unspecified atom stereocenters. The molecule has 0 radical (unpaired) electrons. The SMILES string of the molecule is CS[C@H]1CC[C@H](N(C)C(=O)NCCc2ccc([N+](=O)[O-])cc2)C1. The van der Waals surface area contributed by atoms with E-state index in [4.69, 9.17) is 0 Å². The molecule has 0 heterocycles. The Kier molecular flexibility index (Phi) is 6.27. The Morgan fingerprint density at radius 2 is 2.09 bits per heavy atom. The van der Waals surface area contributed by atoms with Gasteiger partial charge in [-0.25, -0.2) is 4.79 Å². The summed E-state index contributed by atoms with van der Waals surface area (Å²) < 4.78 is 0. The molecule has 23 heavy (non-hydrogen) atoms. The molecule has 1 aliphatic carbocycles. The topological polar surface area (TPSA) is 75.5 Å². The van der Waals surface area contributed by atoms with Crippen LogP contribution in [0.2, 0.25) is 0 Å². The van der Waals surface area contributed by atoms with Crippen molar-refractivity contribution in [1.29, 1.82) is 0 Å². The largest absolute Gasteiger partial charge is 0.338 e. The van der Waals surface area contributed by atoms with E-state index >= 15 is 0 Å². The molecule has 1 saturated carbocycles. The van der Waals surface area contributed by atoms with Crippen LogP contribution in [-0.4, -0.2) is 47.0 Å². The van der Waals surface area contributed by atoms with E-state index in [1.807, 2.05) is 23.7 Å². The van der Waals surface area contributed by atoms with E-state index in [1.54, 1.807) is 12.1 Å². The molecule has 1 fully saturated rings. The lowest BCUT2D eigenvalue weighted by Crippen LogP contribution is -2.43. The van der Waals surface area contributed by atoms with Crippen molar-refractivity contribution < 1.29 is 9.72 Å². The molecule has 0 saturated heterocycles. The van der Waals surface area contributed by atoms with Crippen molar-refractivity contribution in [2.24, 2.45) is 0 Å². The lowest BCUT2D eigenvalue weighted by Gasteiger charge is -2.25.